The van der Waals surface area contributed by atoms with Crippen LogP contribution in [0.1, 0.15) is 45.6 Å². The first kappa shape index (κ1) is 23.3. The van der Waals surface area contributed by atoms with Gasteiger partial charge in [0.2, 0.25) is 0 Å². The zero-order valence-electron chi connectivity index (χ0n) is 19.8. The number of rotatable bonds is 5. The number of aliphatic hydroxyl groups excluding tert-OH is 1. The summed E-state index contributed by atoms with van der Waals surface area (Å²) in [6.07, 6.45) is 3.93. The van der Waals surface area contributed by atoms with Crippen molar-refractivity contribution in [2.24, 2.45) is 0 Å². The molecule has 1 saturated heterocycles. The average molecular weight is 485 g/mol. The highest BCUT2D eigenvalue weighted by Gasteiger charge is 2.46. The summed E-state index contributed by atoms with van der Waals surface area (Å²) in [6, 6.07) is 14.4. The number of fused-ring (bicyclic) bond motifs is 1. The van der Waals surface area contributed by atoms with E-state index < -0.39 is 23.7 Å². The van der Waals surface area contributed by atoms with Gasteiger partial charge in [-0.1, -0.05) is 12.1 Å². The third kappa shape index (κ3) is 4.11. The van der Waals surface area contributed by atoms with Gasteiger partial charge in [0.25, 0.3) is 11.7 Å². The van der Waals surface area contributed by atoms with Gasteiger partial charge >= 0.3 is 5.97 Å². The first-order valence-corrected chi connectivity index (χ1v) is 11.5. The first-order chi connectivity index (χ1) is 17.4. The molecule has 2 aromatic carbocycles. The zero-order chi connectivity index (χ0) is 25.4. The van der Waals surface area contributed by atoms with Crippen molar-refractivity contribution in [1.29, 1.82) is 0 Å². The van der Waals surface area contributed by atoms with E-state index in [1.54, 1.807) is 67.0 Å². The predicted octanol–water partition coefficient (Wildman–Crippen LogP) is 3.81. The molecule has 8 nitrogen and oxygen atoms in total. The standard InChI is InChI=1S/C28H24N2O6/c1-16-13-21-14-20(7-8-22(21)36-16)25(31)23-24(18-3-5-19(6-4-18)28(34)35-2)30(27(33)26(23)32)15-17-9-11-29-12-10-17/h3-12,14,16,24,31H,13,15H2,1-2H3/t16-,24+/m1/s1. The van der Waals surface area contributed by atoms with E-state index in [0.717, 1.165) is 16.9 Å². The monoisotopic (exact) mass is 484 g/mol. The smallest absolute Gasteiger partial charge is 0.337 e. The van der Waals surface area contributed by atoms with Crippen LogP contribution < -0.4 is 4.74 Å². The number of pyridine rings is 1. The van der Waals surface area contributed by atoms with Crippen LogP contribution in [0.5, 0.6) is 5.75 Å². The van der Waals surface area contributed by atoms with Crippen LogP contribution in [-0.2, 0) is 27.3 Å². The molecular weight excluding hydrogens is 460 g/mol. The van der Waals surface area contributed by atoms with Crippen LogP contribution in [0.2, 0.25) is 0 Å². The Labute approximate surface area is 207 Å². The summed E-state index contributed by atoms with van der Waals surface area (Å²) < 4.78 is 10.5. The molecule has 0 spiro atoms. The minimum absolute atomic E-state index is 0.00760. The van der Waals surface area contributed by atoms with Gasteiger partial charge in [-0.2, -0.15) is 0 Å². The molecule has 0 bridgehead atoms. The third-order valence-electron chi connectivity index (χ3n) is 6.46. The number of ether oxygens (including phenoxy) is 2. The lowest BCUT2D eigenvalue weighted by molar-refractivity contribution is -0.140. The Morgan fingerprint density at radius 1 is 1.08 bits per heavy atom. The van der Waals surface area contributed by atoms with Crippen LogP contribution in [0.25, 0.3) is 5.76 Å². The molecule has 0 unspecified atom stereocenters. The van der Waals surface area contributed by atoms with Gasteiger partial charge < -0.3 is 19.5 Å². The number of aliphatic hydroxyl groups is 1. The molecule has 2 atom stereocenters. The third-order valence-corrected chi connectivity index (χ3v) is 6.46. The molecular formula is C28H24N2O6. The maximum atomic E-state index is 13.3. The number of Topliss-reactive ketones (excluding diaryl/α,β-unsaturated/α-hetero) is 1. The molecule has 8 heteroatoms. The van der Waals surface area contributed by atoms with Crippen LogP contribution in [0.15, 0.2) is 72.6 Å². The van der Waals surface area contributed by atoms with Crippen LogP contribution in [0.3, 0.4) is 0 Å². The Hall–Kier alpha value is -4.46. The van der Waals surface area contributed by atoms with Crippen molar-refractivity contribution in [3.8, 4) is 5.75 Å². The summed E-state index contributed by atoms with van der Waals surface area (Å²) in [5.74, 6) is -1.49. The first-order valence-electron chi connectivity index (χ1n) is 11.5. The fourth-order valence-electron chi connectivity index (χ4n) is 4.72. The Balaban J connectivity index is 1.62. The number of hydrogen-bond acceptors (Lipinski definition) is 7. The fraction of sp³-hybridized carbons (Fsp3) is 0.214. The summed E-state index contributed by atoms with van der Waals surface area (Å²) in [5.41, 5.74) is 3.05. The average Bonchev–Trinajstić information content (AvgIpc) is 3.39. The lowest BCUT2D eigenvalue weighted by Gasteiger charge is -2.25. The fourth-order valence-corrected chi connectivity index (χ4v) is 4.72. The Morgan fingerprint density at radius 2 is 1.78 bits per heavy atom. The van der Waals surface area contributed by atoms with Crippen molar-refractivity contribution >= 4 is 23.4 Å². The van der Waals surface area contributed by atoms with Gasteiger partial charge in [0.15, 0.2) is 0 Å². The van der Waals surface area contributed by atoms with Crippen molar-refractivity contribution in [1.82, 2.24) is 9.88 Å². The molecule has 2 aliphatic heterocycles. The van der Waals surface area contributed by atoms with Gasteiger partial charge in [-0.15, -0.1) is 0 Å². The maximum Gasteiger partial charge on any atom is 0.337 e. The van der Waals surface area contributed by atoms with Crippen molar-refractivity contribution in [3.05, 3.63) is 100 Å². The number of benzene rings is 2. The molecule has 1 aromatic heterocycles. The van der Waals surface area contributed by atoms with Gasteiger partial charge in [-0.05, 0) is 66.1 Å². The molecule has 3 aromatic rings. The van der Waals surface area contributed by atoms with Gasteiger partial charge in [0.05, 0.1) is 24.3 Å². The predicted molar refractivity (Wildman–Crippen MR) is 130 cm³/mol. The molecule has 5 rings (SSSR count). The molecule has 1 amide bonds. The molecule has 3 heterocycles. The van der Waals surface area contributed by atoms with Crippen LogP contribution in [0, 0.1) is 0 Å². The van der Waals surface area contributed by atoms with Crippen molar-refractivity contribution < 1.29 is 29.0 Å². The van der Waals surface area contributed by atoms with Crippen molar-refractivity contribution in [2.45, 2.75) is 32.0 Å². The van der Waals surface area contributed by atoms with Gasteiger partial charge in [0.1, 0.15) is 17.6 Å². The number of aromatic nitrogens is 1. The molecule has 0 saturated carbocycles. The molecule has 0 radical (unpaired) electrons. The molecule has 0 aliphatic carbocycles. The number of likely N-dealkylation sites (tertiary alicyclic amines) is 1. The number of carbonyl (C=O) groups excluding carboxylic acids is 3. The van der Waals surface area contributed by atoms with Crippen LogP contribution in [0.4, 0.5) is 0 Å². The van der Waals surface area contributed by atoms with E-state index in [1.165, 1.54) is 12.0 Å². The second-order valence-corrected chi connectivity index (χ2v) is 8.85. The number of ketones is 1. The summed E-state index contributed by atoms with van der Waals surface area (Å²) in [5, 5.41) is 11.4. The van der Waals surface area contributed by atoms with E-state index in [9.17, 15) is 19.5 Å². The van der Waals surface area contributed by atoms with E-state index in [2.05, 4.69) is 4.98 Å². The highest BCUT2D eigenvalue weighted by atomic mass is 16.5. The highest BCUT2D eigenvalue weighted by molar-refractivity contribution is 6.46. The molecule has 2 aliphatic rings. The van der Waals surface area contributed by atoms with Crippen LogP contribution >= 0.6 is 0 Å². The molecule has 1 N–H and O–H groups in total. The van der Waals surface area contributed by atoms with E-state index in [4.69, 9.17) is 9.47 Å². The minimum Gasteiger partial charge on any atom is -0.507 e. The molecule has 36 heavy (non-hydrogen) atoms. The largest absolute Gasteiger partial charge is 0.507 e. The van der Waals surface area contributed by atoms with Gasteiger partial charge in [-0.3, -0.25) is 14.6 Å². The maximum absolute atomic E-state index is 13.3. The number of nitrogens with zero attached hydrogens (tertiary/aromatic N) is 2. The zero-order valence-corrected chi connectivity index (χ0v) is 19.8. The number of methoxy groups -OCH3 is 1. The second-order valence-electron chi connectivity index (χ2n) is 8.85. The van der Waals surface area contributed by atoms with Crippen molar-refractivity contribution in [2.75, 3.05) is 7.11 Å². The quantitative estimate of drug-likeness (QED) is 0.254. The van der Waals surface area contributed by atoms with E-state index in [1.807, 2.05) is 6.92 Å². The number of hydrogen-bond donors (Lipinski definition) is 1. The SMILES string of the molecule is COC(=O)c1ccc([C@H]2C(=C(O)c3ccc4c(c3)C[C@@H](C)O4)C(=O)C(=O)N2Cc2ccncc2)cc1. The summed E-state index contributed by atoms with van der Waals surface area (Å²) >= 11 is 0. The highest BCUT2D eigenvalue weighted by Crippen LogP contribution is 2.41. The minimum atomic E-state index is -0.853. The summed E-state index contributed by atoms with van der Waals surface area (Å²) in [6.45, 7) is 2.10. The second kappa shape index (κ2) is 9.30. The lowest BCUT2D eigenvalue weighted by atomic mass is 9.94. The summed E-state index contributed by atoms with van der Waals surface area (Å²) in [4.78, 5) is 43.9. The van der Waals surface area contributed by atoms with Gasteiger partial charge in [-0.25, -0.2) is 4.79 Å². The normalized spacial score (nSPS) is 20.2. The Morgan fingerprint density at radius 3 is 2.47 bits per heavy atom. The molecule has 182 valence electrons. The number of amides is 1. The van der Waals surface area contributed by atoms with Gasteiger partial charge in [0, 0.05) is 30.9 Å². The van der Waals surface area contributed by atoms with E-state index in [-0.39, 0.29) is 24.0 Å². The van der Waals surface area contributed by atoms with E-state index in [0.29, 0.717) is 23.1 Å². The topological polar surface area (TPSA) is 106 Å². The lowest BCUT2D eigenvalue weighted by Crippen LogP contribution is -2.29. The van der Waals surface area contributed by atoms with Crippen molar-refractivity contribution in [3.63, 3.8) is 0 Å². The Bertz CT molecular complexity index is 1380. The number of esters is 1. The van der Waals surface area contributed by atoms with Crippen LogP contribution in [-0.4, -0.2) is 45.9 Å². The molecule has 1 fully saturated rings. The summed E-state index contributed by atoms with van der Waals surface area (Å²) in [7, 11) is 1.29. The Kier molecular flexibility index (Phi) is 6.01. The number of carbonyl (C=O) groups is 3. The van der Waals surface area contributed by atoms with E-state index >= 15 is 0 Å².